The zero-order valence-electron chi connectivity index (χ0n) is 16.6. The van der Waals surface area contributed by atoms with Crippen molar-refractivity contribution in [1.82, 2.24) is 9.80 Å². The second kappa shape index (κ2) is 12.3. The Morgan fingerprint density at radius 2 is 0.889 bits per heavy atom. The van der Waals surface area contributed by atoms with E-state index in [0.717, 1.165) is 58.7 Å². The fourth-order valence-corrected chi connectivity index (χ4v) is 3.63. The monoisotopic (exact) mass is 388 g/mol. The second-order valence-electron chi connectivity index (χ2n) is 7.24. The summed E-state index contributed by atoms with van der Waals surface area (Å²) in [6.07, 6.45) is 1.58. The Hall–Kier alpha value is -0.320. The fourth-order valence-electron chi connectivity index (χ4n) is 3.63. The molecule has 3 unspecified atom stereocenters. The SMILES string of the molecule is C1COCCN2CCOCCC3(CC2)OCCOCCN(CCO1)CCO3. The van der Waals surface area contributed by atoms with Gasteiger partial charge in [0.15, 0.2) is 5.79 Å². The van der Waals surface area contributed by atoms with Crippen molar-refractivity contribution < 1.29 is 28.4 Å². The van der Waals surface area contributed by atoms with Gasteiger partial charge in [0.1, 0.15) is 0 Å². The van der Waals surface area contributed by atoms with Crippen LogP contribution in [-0.2, 0) is 28.4 Å². The average Bonchev–Trinajstić information content (AvgIpc) is 2.73. The smallest absolute Gasteiger partial charge is 0.171 e. The minimum atomic E-state index is -0.601. The molecule has 3 aliphatic heterocycles. The van der Waals surface area contributed by atoms with E-state index < -0.39 is 5.79 Å². The largest absolute Gasteiger partial charge is 0.380 e. The molecule has 3 saturated heterocycles. The molecule has 3 aliphatic rings. The number of fused-ring (bicyclic) bond motifs is 5. The highest BCUT2D eigenvalue weighted by molar-refractivity contribution is 4.76. The van der Waals surface area contributed by atoms with Crippen LogP contribution in [0.3, 0.4) is 0 Å². The molecule has 158 valence electrons. The maximum absolute atomic E-state index is 6.37. The molecule has 0 saturated carbocycles. The Balaban J connectivity index is 1.69. The van der Waals surface area contributed by atoms with E-state index in [9.17, 15) is 0 Å². The molecule has 0 aliphatic carbocycles. The first-order chi connectivity index (χ1) is 13.4. The molecule has 27 heavy (non-hydrogen) atoms. The Morgan fingerprint density at radius 1 is 0.407 bits per heavy atom. The number of rotatable bonds is 0. The standard InChI is InChI=1S/C19H36N2O6/c1-3-20-4-10-22-9-2-19(1)26-14-8-21(7-13-25-17-18-27-19)6-12-24-16-15-23-11-5-20/h1-18H2. The summed E-state index contributed by atoms with van der Waals surface area (Å²) < 4.78 is 35.7. The summed E-state index contributed by atoms with van der Waals surface area (Å²) in [5.41, 5.74) is 0. The van der Waals surface area contributed by atoms with Crippen molar-refractivity contribution >= 4 is 0 Å². The first-order valence-electron chi connectivity index (χ1n) is 10.4. The lowest BCUT2D eigenvalue weighted by Crippen LogP contribution is -2.43. The maximum atomic E-state index is 6.37. The van der Waals surface area contributed by atoms with E-state index in [-0.39, 0.29) is 0 Å². The van der Waals surface area contributed by atoms with Crippen molar-refractivity contribution in [3.63, 3.8) is 0 Å². The Kier molecular flexibility index (Phi) is 9.73. The van der Waals surface area contributed by atoms with E-state index in [2.05, 4.69) is 9.80 Å². The predicted molar refractivity (Wildman–Crippen MR) is 100 cm³/mol. The summed E-state index contributed by atoms with van der Waals surface area (Å²) in [5.74, 6) is -0.601. The first-order valence-corrected chi connectivity index (χ1v) is 10.4. The Morgan fingerprint density at radius 3 is 1.56 bits per heavy atom. The van der Waals surface area contributed by atoms with Gasteiger partial charge < -0.3 is 28.4 Å². The van der Waals surface area contributed by atoms with Crippen molar-refractivity contribution in [1.29, 1.82) is 0 Å². The van der Waals surface area contributed by atoms with Gasteiger partial charge >= 0.3 is 0 Å². The average molecular weight is 389 g/mol. The third kappa shape index (κ3) is 7.91. The van der Waals surface area contributed by atoms with Crippen molar-refractivity contribution in [2.45, 2.75) is 18.6 Å². The summed E-state index contributed by atoms with van der Waals surface area (Å²) in [6, 6.07) is 0. The minimum Gasteiger partial charge on any atom is -0.380 e. The molecule has 0 N–H and O–H groups in total. The molecule has 0 aromatic heterocycles. The molecule has 0 aromatic rings. The molecule has 3 bridgehead atoms. The highest BCUT2D eigenvalue weighted by Gasteiger charge is 2.33. The van der Waals surface area contributed by atoms with Gasteiger partial charge in [-0.1, -0.05) is 0 Å². The van der Waals surface area contributed by atoms with Gasteiger partial charge in [0.05, 0.1) is 66.1 Å². The summed E-state index contributed by atoms with van der Waals surface area (Å²) in [7, 11) is 0. The van der Waals surface area contributed by atoms with Gasteiger partial charge in [-0.2, -0.15) is 0 Å². The topological polar surface area (TPSA) is 61.9 Å². The van der Waals surface area contributed by atoms with E-state index in [0.29, 0.717) is 59.5 Å². The van der Waals surface area contributed by atoms with Gasteiger partial charge in [-0.3, -0.25) is 9.80 Å². The molecule has 8 nitrogen and oxygen atoms in total. The van der Waals surface area contributed by atoms with Gasteiger partial charge in [-0.15, -0.1) is 0 Å². The van der Waals surface area contributed by atoms with E-state index in [1.54, 1.807) is 0 Å². The van der Waals surface area contributed by atoms with Crippen LogP contribution >= 0.6 is 0 Å². The van der Waals surface area contributed by atoms with Crippen molar-refractivity contribution in [2.75, 3.05) is 105 Å². The highest BCUT2D eigenvalue weighted by atomic mass is 16.7. The van der Waals surface area contributed by atoms with Gasteiger partial charge in [0.25, 0.3) is 0 Å². The predicted octanol–water partition coefficient (Wildman–Crippen LogP) is 0.207. The van der Waals surface area contributed by atoms with E-state index >= 15 is 0 Å². The fraction of sp³-hybridized carbons (Fsp3) is 1.00. The van der Waals surface area contributed by atoms with Crippen LogP contribution in [0, 0.1) is 0 Å². The molecule has 0 radical (unpaired) electrons. The van der Waals surface area contributed by atoms with Gasteiger partial charge in [0, 0.05) is 52.1 Å². The molecule has 3 heterocycles. The van der Waals surface area contributed by atoms with Gasteiger partial charge in [-0.05, 0) is 0 Å². The molecular weight excluding hydrogens is 352 g/mol. The molecule has 3 atom stereocenters. The summed E-state index contributed by atoms with van der Waals surface area (Å²) >= 11 is 0. The highest BCUT2D eigenvalue weighted by Crippen LogP contribution is 2.25. The van der Waals surface area contributed by atoms with E-state index in [4.69, 9.17) is 28.4 Å². The second-order valence-corrected chi connectivity index (χ2v) is 7.24. The minimum absolute atomic E-state index is 0.548. The zero-order chi connectivity index (χ0) is 18.6. The lowest BCUT2D eigenvalue weighted by molar-refractivity contribution is -0.252. The van der Waals surface area contributed by atoms with Crippen LogP contribution in [0.1, 0.15) is 12.8 Å². The van der Waals surface area contributed by atoms with Crippen molar-refractivity contribution in [2.24, 2.45) is 0 Å². The van der Waals surface area contributed by atoms with Crippen LogP contribution in [0.4, 0.5) is 0 Å². The number of ether oxygens (including phenoxy) is 6. The molecule has 0 aromatic carbocycles. The third-order valence-corrected chi connectivity index (χ3v) is 5.38. The number of hydrogen-bond acceptors (Lipinski definition) is 8. The van der Waals surface area contributed by atoms with E-state index in [1.165, 1.54) is 0 Å². The molecule has 3 fully saturated rings. The van der Waals surface area contributed by atoms with Crippen molar-refractivity contribution in [3.05, 3.63) is 0 Å². The molecule has 0 amide bonds. The quantitative estimate of drug-likeness (QED) is 0.584. The van der Waals surface area contributed by atoms with Crippen molar-refractivity contribution in [3.8, 4) is 0 Å². The maximum Gasteiger partial charge on any atom is 0.171 e. The molecular formula is C19H36N2O6. The van der Waals surface area contributed by atoms with Gasteiger partial charge in [-0.25, -0.2) is 0 Å². The normalized spacial score (nSPS) is 36.4. The molecule has 8 heteroatoms. The number of nitrogens with zero attached hydrogens (tertiary/aromatic N) is 2. The first kappa shape index (κ1) is 21.4. The van der Waals surface area contributed by atoms with Crippen LogP contribution in [0.15, 0.2) is 0 Å². The van der Waals surface area contributed by atoms with Crippen LogP contribution in [0.2, 0.25) is 0 Å². The third-order valence-electron chi connectivity index (χ3n) is 5.38. The molecule has 3 rings (SSSR count). The Bertz CT molecular complexity index is 402. The van der Waals surface area contributed by atoms with Crippen LogP contribution in [-0.4, -0.2) is 121 Å². The van der Waals surface area contributed by atoms with Crippen LogP contribution in [0.25, 0.3) is 0 Å². The zero-order valence-corrected chi connectivity index (χ0v) is 16.6. The summed E-state index contributed by atoms with van der Waals surface area (Å²) in [5, 5.41) is 0. The van der Waals surface area contributed by atoms with Crippen LogP contribution in [0.5, 0.6) is 0 Å². The van der Waals surface area contributed by atoms with Crippen LogP contribution < -0.4 is 0 Å². The molecule has 1 spiro atoms. The Labute approximate surface area is 162 Å². The number of hydrogen-bond donors (Lipinski definition) is 0. The van der Waals surface area contributed by atoms with Gasteiger partial charge in [0.2, 0.25) is 0 Å². The lowest BCUT2D eigenvalue weighted by atomic mass is 10.1. The van der Waals surface area contributed by atoms with E-state index in [1.807, 2.05) is 0 Å². The summed E-state index contributed by atoms with van der Waals surface area (Å²) in [4.78, 5) is 4.71. The summed E-state index contributed by atoms with van der Waals surface area (Å²) in [6.45, 7) is 11.9. The lowest BCUT2D eigenvalue weighted by Gasteiger charge is -2.35.